The predicted molar refractivity (Wildman–Crippen MR) is 99.5 cm³/mol. The Bertz CT molecular complexity index is 879. The van der Waals surface area contributed by atoms with Crippen LogP contribution in [0.1, 0.15) is 27.7 Å². The van der Waals surface area contributed by atoms with Gasteiger partial charge in [0, 0.05) is 10.9 Å². The number of carbonyl (C=O) groups excluding carboxylic acids is 2. The molecule has 0 aliphatic carbocycles. The average molecular weight is 383 g/mol. The number of thiazole rings is 1. The molecule has 0 radical (unpaired) electrons. The van der Waals surface area contributed by atoms with Crippen LogP contribution < -0.4 is 4.74 Å². The van der Waals surface area contributed by atoms with E-state index in [1.807, 2.05) is 11.4 Å². The van der Waals surface area contributed by atoms with Gasteiger partial charge in [0.05, 0.1) is 23.9 Å². The van der Waals surface area contributed by atoms with Gasteiger partial charge in [0.25, 0.3) is 0 Å². The van der Waals surface area contributed by atoms with Crippen molar-refractivity contribution >= 4 is 23.3 Å². The van der Waals surface area contributed by atoms with Crippen molar-refractivity contribution in [3.8, 4) is 5.75 Å². The van der Waals surface area contributed by atoms with Crippen LogP contribution in [0.3, 0.4) is 0 Å². The molecule has 0 saturated carbocycles. The Morgan fingerprint density at radius 3 is 2.44 bits per heavy atom. The van der Waals surface area contributed by atoms with Crippen LogP contribution in [0.2, 0.25) is 0 Å². The van der Waals surface area contributed by atoms with E-state index < -0.39 is 18.0 Å². The van der Waals surface area contributed by atoms with Crippen LogP contribution in [0.15, 0.2) is 65.5 Å². The van der Waals surface area contributed by atoms with E-state index in [4.69, 9.17) is 14.2 Å². The molecule has 1 aromatic heterocycles. The Morgan fingerprint density at radius 2 is 1.81 bits per heavy atom. The Labute approximate surface area is 160 Å². The van der Waals surface area contributed by atoms with Crippen LogP contribution in [0.25, 0.3) is 0 Å². The summed E-state index contributed by atoms with van der Waals surface area (Å²) < 4.78 is 15.7. The van der Waals surface area contributed by atoms with Crippen LogP contribution in [0, 0.1) is 0 Å². The molecule has 1 unspecified atom stereocenters. The highest BCUT2D eigenvalue weighted by Gasteiger charge is 2.26. The number of carbonyl (C=O) groups is 2. The summed E-state index contributed by atoms with van der Waals surface area (Å²) in [5.74, 6) is -0.662. The van der Waals surface area contributed by atoms with Crippen LogP contribution in [0.4, 0.5) is 0 Å². The molecule has 2 aromatic carbocycles. The molecular weight excluding hydrogens is 366 g/mol. The molecule has 0 spiro atoms. The summed E-state index contributed by atoms with van der Waals surface area (Å²) in [6, 6.07) is 15.2. The van der Waals surface area contributed by atoms with E-state index in [2.05, 4.69) is 4.98 Å². The summed E-state index contributed by atoms with van der Waals surface area (Å²) in [4.78, 5) is 28.6. The molecule has 1 atom stereocenters. The second-order valence-corrected chi connectivity index (χ2v) is 6.23. The van der Waals surface area contributed by atoms with Gasteiger partial charge in [-0.15, -0.1) is 11.3 Å². The van der Waals surface area contributed by atoms with Gasteiger partial charge in [0.1, 0.15) is 12.4 Å². The van der Waals surface area contributed by atoms with Gasteiger partial charge in [-0.2, -0.15) is 0 Å². The van der Waals surface area contributed by atoms with Crippen molar-refractivity contribution in [2.45, 2.75) is 12.7 Å². The fourth-order valence-electron chi connectivity index (χ4n) is 2.32. The smallest absolute Gasteiger partial charge is 0.351 e. The molecule has 138 valence electrons. The first-order valence-corrected chi connectivity index (χ1v) is 9.05. The summed E-state index contributed by atoms with van der Waals surface area (Å²) in [7, 11) is 1.25. The topological polar surface area (TPSA) is 74.7 Å². The monoisotopic (exact) mass is 383 g/mol. The third-order valence-electron chi connectivity index (χ3n) is 3.70. The van der Waals surface area contributed by atoms with Crippen molar-refractivity contribution in [3.05, 3.63) is 82.3 Å². The van der Waals surface area contributed by atoms with Crippen molar-refractivity contribution < 1.29 is 23.8 Å². The number of rotatable bonds is 7. The fraction of sp³-hybridized carbons (Fsp3) is 0.150. The Kier molecular flexibility index (Phi) is 6.17. The predicted octanol–water partition coefficient (Wildman–Crippen LogP) is 3.79. The van der Waals surface area contributed by atoms with Gasteiger partial charge in [-0.1, -0.05) is 30.3 Å². The molecule has 3 rings (SSSR count). The Morgan fingerprint density at radius 1 is 1.07 bits per heavy atom. The van der Waals surface area contributed by atoms with E-state index in [1.54, 1.807) is 54.0 Å². The molecule has 3 aromatic rings. The molecule has 0 aliphatic rings. The fourth-order valence-corrected chi connectivity index (χ4v) is 2.86. The highest BCUT2D eigenvalue weighted by atomic mass is 32.1. The number of benzene rings is 2. The minimum absolute atomic E-state index is 0.306. The first-order chi connectivity index (χ1) is 13.2. The molecule has 27 heavy (non-hydrogen) atoms. The quantitative estimate of drug-likeness (QED) is 0.578. The van der Waals surface area contributed by atoms with Gasteiger partial charge >= 0.3 is 11.9 Å². The van der Waals surface area contributed by atoms with Crippen LogP contribution in [0.5, 0.6) is 5.75 Å². The zero-order valence-electron chi connectivity index (χ0n) is 14.5. The van der Waals surface area contributed by atoms with Crippen molar-refractivity contribution in [2.75, 3.05) is 7.11 Å². The Hall–Kier alpha value is -3.19. The first kappa shape index (κ1) is 18.6. The van der Waals surface area contributed by atoms with Crippen molar-refractivity contribution in [1.82, 2.24) is 4.98 Å². The molecule has 7 heteroatoms. The maximum absolute atomic E-state index is 12.4. The molecule has 0 N–H and O–H groups in total. The minimum Gasteiger partial charge on any atom is -0.487 e. The number of hydrogen-bond acceptors (Lipinski definition) is 7. The summed E-state index contributed by atoms with van der Waals surface area (Å²) in [6.45, 7) is 0.353. The maximum atomic E-state index is 12.4. The molecule has 0 aliphatic heterocycles. The number of esters is 2. The normalized spacial score (nSPS) is 11.4. The van der Waals surface area contributed by atoms with Gasteiger partial charge in [0.2, 0.25) is 6.10 Å². The summed E-state index contributed by atoms with van der Waals surface area (Å²) >= 11 is 1.50. The third-order valence-corrected chi connectivity index (χ3v) is 4.34. The lowest BCUT2D eigenvalue weighted by Crippen LogP contribution is -2.21. The highest BCUT2D eigenvalue weighted by molar-refractivity contribution is 7.07. The number of hydrogen-bond donors (Lipinski definition) is 0. The lowest BCUT2D eigenvalue weighted by Gasteiger charge is -2.16. The molecular formula is C20H17NO5S. The molecule has 1 heterocycles. The van der Waals surface area contributed by atoms with Gasteiger partial charge in [-0.05, 0) is 24.3 Å². The number of methoxy groups -OCH3 is 1. The largest absolute Gasteiger partial charge is 0.487 e. The minimum atomic E-state index is -1.12. The lowest BCUT2D eigenvalue weighted by molar-refractivity contribution is -0.151. The van der Waals surface area contributed by atoms with Crippen molar-refractivity contribution in [2.24, 2.45) is 0 Å². The van der Waals surface area contributed by atoms with Crippen molar-refractivity contribution in [3.63, 3.8) is 0 Å². The second-order valence-electron chi connectivity index (χ2n) is 5.51. The van der Waals surface area contributed by atoms with E-state index in [-0.39, 0.29) is 0 Å². The third kappa shape index (κ3) is 4.92. The van der Waals surface area contributed by atoms with E-state index in [0.717, 1.165) is 5.69 Å². The molecule has 0 fully saturated rings. The summed E-state index contributed by atoms with van der Waals surface area (Å²) in [5.41, 5.74) is 3.43. The number of aromatic nitrogens is 1. The average Bonchev–Trinajstić information content (AvgIpc) is 3.24. The van der Waals surface area contributed by atoms with Crippen LogP contribution in [-0.4, -0.2) is 24.0 Å². The van der Waals surface area contributed by atoms with Crippen LogP contribution >= 0.6 is 11.3 Å². The highest BCUT2D eigenvalue weighted by Crippen LogP contribution is 2.22. The molecule has 0 amide bonds. The second kappa shape index (κ2) is 8.95. The zero-order chi connectivity index (χ0) is 19.1. The van der Waals surface area contributed by atoms with Crippen molar-refractivity contribution in [1.29, 1.82) is 0 Å². The van der Waals surface area contributed by atoms with Crippen LogP contribution in [-0.2, 0) is 20.9 Å². The number of ether oxygens (including phenoxy) is 3. The molecule has 6 nitrogen and oxygen atoms in total. The van der Waals surface area contributed by atoms with E-state index in [9.17, 15) is 9.59 Å². The van der Waals surface area contributed by atoms with E-state index in [0.29, 0.717) is 23.5 Å². The zero-order valence-corrected chi connectivity index (χ0v) is 15.3. The van der Waals surface area contributed by atoms with Gasteiger partial charge in [-0.3, -0.25) is 0 Å². The first-order valence-electron chi connectivity index (χ1n) is 8.11. The van der Waals surface area contributed by atoms with Gasteiger partial charge in [-0.25, -0.2) is 14.6 Å². The van der Waals surface area contributed by atoms with E-state index in [1.165, 1.54) is 18.4 Å². The number of nitrogens with zero attached hydrogens (tertiary/aromatic N) is 1. The summed E-state index contributed by atoms with van der Waals surface area (Å²) in [5, 5.41) is 1.91. The van der Waals surface area contributed by atoms with E-state index >= 15 is 0 Å². The maximum Gasteiger partial charge on any atom is 0.351 e. The standard InChI is InChI=1S/C20H17NO5S/c1-24-20(23)18(14-5-3-2-4-6-14)26-19(22)15-7-9-17(10-8-15)25-11-16-12-27-13-21-16/h2-10,12-13,18H,11H2,1H3. The molecule has 0 bridgehead atoms. The van der Waals surface area contributed by atoms with Gasteiger partial charge < -0.3 is 14.2 Å². The van der Waals surface area contributed by atoms with Gasteiger partial charge in [0.15, 0.2) is 0 Å². The lowest BCUT2D eigenvalue weighted by atomic mass is 10.1. The molecule has 0 saturated heterocycles. The summed E-state index contributed by atoms with van der Waals surface area (Å²) in [6.07, 6.45) is -1.12. The SMILES string of the molecule is COC(=O)C(OC(=O)c1ccc(OCc2cscn2)cc1)c1ccccc1. The Balaban J connectivity index is 1.66.